The van der Waals surface area contributed by atoms with Gasteiger partial charge in [0.1, 0.15) is 5.75 Å². The zero-order chi connectivity index (χ0) is 21.6. The second-order valence-corrected chi connectivity index (χ2v) is 9.27. The number of carbonyl (C=O) groups is 1. The maximum Gasteiger partial charge on any atom is 0.320 e. The highest BCUT2D eigenvalue weighted by molar-refractivity contribution is 5.75. The van der Waals surface area contributed by atoms with Crippen molar-refractivity contribution in [2.75, 3.05) is 78.0 Å². The third-order valence-corrected chi connectivity index (χ3v) is 6.91. The Morgan fingerprint density at radius 3 is 2.29 bits per heavy atom. The molecule has 0 aromatic heterocycles. The number of likely N-dealkylation sites (tertiary alicyclic amines) is 2. The van der Waals surface area contributed by atoms with Gasteiger partial charge in [0.2, 0.25) is 0 Å². The normalized spacial score (nSPS) is 22.5. The molecule has 31 heavy (non-hydrogen) atoms. The minimum Gasteiger partial charge on any atom is -0.494 e. The molecule has 172 valence electrons. The van der Waals surface area contributed by atoms with Crippen LogP contribution in [-0.2, 0) is 0 Å². The van der Waals surface area contributed by atoms with Crippen LogP contribution in [0.2, 0.25) is 0 Å². The van der Waals surface area contributed by atoms with E-state index in [9.17, 15) is 4.79 Å². The molecule has 0 bridgehead atoms. The molecule has 1 unspecified atom stereocenters. The van der Waals surface area contributed by atoms with Crippen molar-refractivity contribution in [3.63, 3.8) is 0 Å². The number of hydrogen-bond donors (Lipinski definition) is 0. The van der Waals surface area contributed by atoms with Crippen molar-refractivity contribution in [1.82, 2.24) is 19.6 Å². The van der Waals surface area contributed by atoms with Gasteiger partial charge < -0.3 is 19.4 Å². The van der Waals surface area contributed by atoms with E-state index in [0.29, 0.717) is 6.17 Å². The van der Waals surface area contributed by atoms with Gasteiger partial charge in [-0.15, -0.1) is 0 Å². The van der Waals surface area contributed by atoms with E-state index in [2.05, 4.69) is 53.1 Å². The van der Waals surface area contributed by atoms with E-state index in [-0.39, 0.29) is 6.03 Å². The second kappa shape index (κ2) is 10.6. The molecule has 1 aromatic rings. The van der Waals surface area contributed by atoms with E-state index in [0.717, 1.165) is 77.4 Å². The molecule has 1 atom stereocenters. The van der Waals surface area contributed by atoms with Gasteiger partial charge in [-0.25, -0.2) is 4.79 Å². The van der Waals surface area contributed by atoms with Crippen LogP contribution in [0.25, 0.3) is 0 Å². The fourth-order valence-corrected chi connectivity index (χ4v) is 5.13. The molecule has 4 rings (SSSR count). The van der Waals surface area contributed by atoms with Gasteiger partial charge in [-0.1, -0.05) is 0 Å². The summed E-state index contributed by atoms with van der Waals surface area (Å²) in [6.07, 6.45) is 6.51. The molecule has 3 heterocycles. The summed E-state index contributed by atoms with van der Waals surface area (Å²) in [5.41, 5.74) is 1.21. The molecule has 3 saturated heterocycles. The molecule has 3 fully saturated rings. The van der Waals surface area contributed by atoms with E-state index >= 15 is 0 Å². The zero-order valence-corrected chi connectivity index (χ0v) is 19.3. The Balaban J connectivity index is 1.17. The number of nitrogens with zero attached hydrogens (tertiary/aromatic N) is 5. The standard InChI is InChI=1S/C24H39N5O2/c1-25(2)23-7-5-14-27(23)15-6-20-31-22-10-8-21(9-11-22)26-16-18-29(19-17-26)24(30)28-12-3-4-13-28/h8-11,23H,3-7,12-20H2,1-2H3. The van der Waals surface area contributed by atoms with Crippen LogP contribution < -0.4 is 9.64 Å². The number of amides is 2. The summed E-state index contributed by atoms with van der Waals surface area (Å²) in [4.78, 5) is 23.8. The summed E-state index contributed by atoms with van der Waals surface area (Å²) in [6, 6.07) is 8.68. The topological polar surface area (TPSA) is 42.5 Å². The minimum absolute atomic E-state index is 0.228. The highest BCUT2D eigenvalue weighted by Gasteiger charge is 2.27. The van der Waals surface area contributed by atoms with Crippen molar-refractivity contribution in [3.05, 3.63) is 24.3 Å². The third-order valence-electron chi connectivity index (χ3n) is 6.91. The number of benzene rings is 1. The smallest absolute Gasteiger partial charge is 0.320 e. The fraction of sp³-hybridized carbons (Fsp3) is 0.708. The second-order valence-electron chi connectivity index (χ2n) is 9.27. The van der Waals surface area contributed by atoms with Gasteiger partial charge in [-0.05, 0) is 77.0 Å². The Bertz CT molecular complexity index is 696. The van der Waals surface area contributed by atoms with Gasteiger partial charge in [-0.3, -0.25) is 9.80 Å². The molecule has 7 heteroatoms. The lowest BCUT2D eigenvalue weighted by molar-refractivity contribution is 0.113. The molecule has 0 spiro atoms. The number of hydrogen-bond acceptors (Lipinski definition) is 5. The van der Waals surface area contributed by atoms with E-state index < -0.39 is 0 Å². The first-order valence-electron chi connectivity index (χ1n) is 12.0. The molecule has 2 amide bonds. The van der Waals surface area contributed by atoms with Gasteiger partial charge in [0, 0.05) is 51.5 Å². The lowest BCUT2D eigenvalue weighted by Crippen LogP contribution is -2.52. The molecular weight excluding hydrogens is 390 g/mol. The molecule has 0 radical (unpaired) electrons. The molecular formula is C24H39N5O2. The summed E-state index contributed by atoms with van der Waals surface area (Å²) in [5, 5.41) is 0. The lowest BCUT2D eigenvalue weighted by Gasteiger charge is -2.37. The van der Waals surface area contributed by atoms with Crippen molar-refractivity contribution in [3.8, 4) is 5.75 Å². The van der Waals surface area contributed by atoms with Crippen LogP contribution in [0.5, 0.6) is 5.75 Å². The molecule has 0 aliphatic carbocycles. The number of piperazine rings is 1. The van der Waals surface area contributed by atoms with Crippen LogP contribution in [0.3, 0.4) is 0 Å². The Labute approximate surface area is 187 Å². The van der Waals surface area contributed by atoms with Crippen molar-refractivity contribution < 1.29 is 9.53 Å². The van der Waals surface area contributed by atoms with Crippen molar-refractivity contribution >= 4 is 11.7 Å². The number of urea groups is 1. The van der Waals surface area contributed by atoms with Crippen molar-refractivity contribution in [1.29, 1.82) is 0 Å². The SMILES string of the molecule is CN(C)C1CCCN1CCCOc1ccc(N2CCN(C(=O)N3CCCC3)CC2)cc1. The average molecular weight is 430 g/mol. The Morgan fingerprint density at radius 2 is 1.61 bits per heavy atom. The summed E-state index contributed by atoms with van der Waals surface area (Å²) in [5.74, 6) is 0.942. The lowest BCUT2D eigenvalue weighted by atomic mass is 10.2. The molecule has 0 saturated carbocycles. The Morgan fingerprint density at radius 1 is 0.935 bits per heavy atom. The summed E-state index contributed by atoms with van der Waals surface area (Å²) in [7, 11) is 4.35. The van der Waals surface area contributed by atoms with Crippen LogP contribution in [0.1, 0.15) is 32.1 Å². The van der Waals surface area contributed by atoms with Gasteiger partial charge >= 0.3 is 6.03 Å². The maximum absolute atomic E-state index is 12.6. The molecule has 0 N–H and O–H groups in total. The highest BCUT2D eigenvalue weighted by atomic mass is 16.5. The molecule has 7 nitrogen and oxygen atoms in total. The first-order valence-corrected chi connectivity index (χ1v) is 12.0. The monoisotopic (exact) mass is 429 g/mol. The molecule has 1 aromatic carbocycles. The number of ether oxygens (including phenoxy) is 1. The first-order chi connectivity index (χ1) is 15.1. The Hall–Kier alpha value is -1.99. The van der Waals surface area contributed by atoms with Crippen molar-refractivity contribution in [2.24, 2.45) is 0 Å². The van der Waals surface area contributed by atoms with Crippen LogP contribution in [-0.4, -0.2) is 105 Å². The molecule has 3 aliphatic rings. The minimum atomic E-state index is 0.228. The summed E-state index contributed by atoms with van der Waals surface area (Å²) >= 11 is 0. The van der Waals surface area contributed by atoms with E-state index in [1.54, 1.807) is 0 Å². The maximum atomic E-state index is 12.6. The van der Waals surface area contributed by atoms with Crippen LogP contribution in [0.4, 0.5) is 10.5 Å². The third kappa shape index (κ3) is 5.63. The largest absolute Gasteiger partial charge is 0.494 e. The quantitative estimate of drug-likeness (QED) is 0.624. The number of rotatable bonds is 7. The van der Waals surface area contributed by atoms with Crippen LogP contribution in [0.15, 0.2) is 24.3 Å². The fourth-order valence-electron chi connectivity index (χ4n) is 5.13. The van der Waals surface area contributed by atoms with Crippen LogP contribution in [0, 0.1) is 0 Å². The number of carbonyl (C=O) groups excluding carboxylic acids is 1. The number of anilines is 1. The van der Waals surface area contributed by atoms with Crippen molar-refractivity contribution in [2.45, 2.75) is 38.3 Å². The summed E-state index contributed by atoms with van der Waals surface area (Å²) in [6.45, 7) is 8.30. The van der Waals surface area contributed by atoms with Gasteiger partial charge in [0.25, 0.3) is 0 Å². The van der Waals surface area contributed by atoms with Crippen LogP contribution >= 0.6 is 0 Å². The van der Waals surface area contributed by atoms with Gasteiger partial charge in [0.15, 0.2) is 0 Å². The average Bonchev–Trinajstić information content (AvgIpc) is 3.49. The summed E-state index contributed by atoms with van der Waals surface area (Å²) < 4.78 is 5.99. The Kier molecular flexibility index (Phi) is 7.56. The zero-order valence-electron chi connectivity index (χ0n) is 19.3. The predicted molar refractivity (Wildman–Crippen MR) is 125 cm³/mol. The van der Waals surface area contributed by atoms with E-state index in [1.807, 2.05) is 9.80 Å². The predicted octanol–water partition coefficient (Wildman–Crippen LogP) is 2.78. The van der Waals surface area contributed by atoms with E-state index in [4.69, 9.17) is 4.74 Å². The van der Waals surface area contributed by atoms with Gasteiger partial charge in [-0.2, -0.15) is 0 Å². The molecule has 3 aliphatic heterocycles. The van der Waals surface area contributed by atoms with E-state index in [1.165, 1.54) is 25.1 Å². The van der Waals surface area contributed by atoms with Gasteiger partial charge in [0.05, 0.1) is 12.8 Å². The first kappa shape index (κ1) is 22.2. The highest BCUT2D eigenvalue weighted by Crippen LogP contribution is 2.22.